The number of carbonyl (C=O) groups is 2. The van der Waals surface area contributed by atoms with Crippen molar-refractivity contribution in [3.63, 3.8) is 0 Å². The zero-order chi connectivity index (χ0) is 21.7. The standard InChI is InChI=1S/C16H16N4O8S.2Na/c1-3-20-14(22)11(13(17)21)7(2)12(15(20)23)19-18-10-5-4-8(29-28-27-26)6-9(10)16(24)25;;/h4-6,22,26H,3H2,1-2H3,(H2,17,21)(H,24,25);;/q;2*+1/p-2. The van der Waals surface area contributed by atoms with E-state index < -0.39 is 28.9 Å². The van der Waals surface area contributed by atoms with Crippen LogP contribution in [0.1, 0.15) is 33.2 Å². The van der Waals surface area contributed by atoms with E-state index in [4.69, 9.17) is 5.73 Å². The Morgan fingerprint density at radius 1 is 1.29 bits per heavy atom. The molecule has 15 heteroatoms. The van der Waals surface area contributed by atoms with Gasteiger partial charge in [-0.3, -0.25) is 19.2 Å². The Kier molecular flexibility index (Phi) is 12.8. The van der Waals surface area contributed by atoms with Crippen LogP contribution in [0, 0.1) is 6.92 Å². The monoisotopic (exact) mass is 468 g/mol. The Morgan fingerprint density at radius 2 is 1.94 bits per heavy atom. The van der Waals surface area contributed by atoms with Crippen LogP contribution in [-0.4, -0.2) is 21.6 Å². The number of carbonyl (C=O) groups excluding carboxylic acids is 2. The molecule has 1 aromatic heterocycles. The molecule has 1 amide bonds. The molecule has 0 spiro atoms. The van der Waals surface area contributed by atoms with Gasteiger partial charge < -0.3 is 26.0 Å². The quantitative estimate of drug-likeness (QED) is 0.125. The molecule has 1 heterocycles. The van der Waals surface area contributed by atoms with Crippen LogP contribution in [0.25, 0.3) is 0 Å². The summed E-state index contributed by atoms with van der Waals surface area (Å²) in [6, 6.07) is 3.68. The van der Waals surface area contributed by atoms with Crippen molar-refractivity contribution in [2.45, 2.75) is 25.3 Å². The van der Waals surface area contributed by atoms with Gasteiger partial charge in [0, 0.05) is 22.6 Å². The molecular formula is C16H14N4Na2O8S. The number of benzene rings is 1. The first-order chi connectivity index (χ1) is 13.7. The smallest absolute Gasteiger partial charge is 0.691 e. The second-order valence-corrected chi connectivity index (χ2v) is 6.25. The van der Waals surface area contributed by atoms with Gasteiger partial charge in [-0.1, -0.05) is 0 Å². The minimum atomic E-state index is -1.60. The summed E-state index contributed by atoms with van der Waals surface area (Å²) in [6.45, 7) is 2.92. The maximum absolute atomic E-state index is 12.5. The molecule has 31 heavy (non-hydrogen) atoms. The minimum Gasteiger partial charge on any atom is -0.691 e. The number of aromatic nitrogens is 1. The number of carboxylic acids is 1. The van der Waals surface area contributed by atoms with Crippen molar-refractivity contribution in [2.75, 3.05) is 0 Å². The first-order valence-corrected chi connectivity index (χ1v) is 8.63. The average Bonchev–Trinajstić information content (AvgIpc) is 2.66. The van der Waals surface area contributed by atoms with Gasteiger partial charge in [-0.2, -0.15) is 4.33 Å². The van der Waals surface area contributed by atoms with Crippen molar-refractivity contribution < 1.29 is 93.5 Å². The number of carboxylic acid groups (broad SMARTS) is 1. The molecule has 154 valence electrons. The number of hydrogen-bond donors (Lipinski definition) is 2. The van der Waals surface area contributed by atoms with Crippen LogP contribution in [0.4, 0.5) is 11.4 Å². The first-order valence-electron chi connectivity index (χ1n) is 7.89. The maximum atomic E-state index is 12.5. The molecule has 2 rings (SSSR count). The molecule has 0 fully saturated rings. The SMILES string of the molecule is CCn1c(O)c(C(N)=O)c(C)c(N=Nc2ccc(SOO[O-])cc2C(=O)[O-])c1=O.[Na+].[Na+]. The number of nitrogens with two attached hydrogens (primary N) is 1. The molecular weight excluding hydrogens is 454 g/mol. The fourth-order valence-electron chi connectivity index (χ4n) is 2.49. The molecule has 2 aromatic rings. The fourth-order valence-corrected chi connectivity index (χ4v) is 2.88. The van der Waals surface area contributed by atoms with E-state index in [9.17, 15) is 29.9 Å². The third-order valence-electron chi connectivity index (χ3n) is 3.82. The third-order valence-corrected chi connectivity index (χ3v) is 4.39. The number of amides is 1. The summed E-state index contributed by atoms with van der Waals surface area (Å²) in [5.74, 6) is -3.18. The van der Waals surface area contributed by atoms with Gasteiger partial charge in [0.2, 0.25) is 5.88 Å². The van der Waals surface area contributed by atoms with Crippen LogP contribution in [0.15, 0.2) is 38.1 Å². The van der Waals surface area contributed by atoms with E-state index in [1.54, 1.807) is 6.92 Å². The molecule has 0 unspecified atom stereocenters. The summed E-state index contributed by atoms with van der Waals surface area (Å²) in [4.78, 5) is 35.8. The maximum Gasteiger partial charge on any atom is 1.00 e. The van der Waals surface area contributed by atoms with E-state index in [1.807, 2.05) is 0 Å². The molecule has 1 aromatic carbocycles. The summed E-state index contributed by atoms with van der Waals surface area (Å²) in [6.07, 6.45) is 0. The summed E-state index contributed by atoms with van der Waals surface area (Å²) in [5, 5.41) is 42.1. The normalized spacial score (nSPS) is 10.4. The summed E-state index contributed by atoms with van der Waals surface area (Å²) in [5.41, 5.74) is 3.31. The minimum absolute atomic E-state index is 0. The van der Waals surface area contributed by atoms with Crippen molar-refractivity contribution in [1.29, 1.82) is 0 Å². The molecule has 0 aliphatic carbocycles. The van der Waals surface area contributed by atoms with Gasteiger partial charge in [-0.15, -0.1) is 10.2 Å². The third kappa shape index (κ3) is 6.86. The average molecular weight is 468 g/mol. The predicted octanol–water partition coefficient (Wildman–Crippen LogP) is -6.00. The topological polar surface area (TPSA) is 192 Å². The zero-order valence-corrected chi connectivity index (χ0v) is 21.9. The number of rotatable bonds is 8. The largest absolute Gasteiger partial charge is 1.00 e. The molecule has 3 N–H and O–H groups in total. The Labute approximate surface area is 224 Å². The Hall–Kier alpha value is -1.26. The van der Waals surface area contributed by atoms with E-state index in [-0.39, 0.29) is 93.1 Å². The van der Waals surface area contributed by atoms with Gasteiger partial charge in [0.15, 0.2) is 5.69 Å². The van der Waals surface area contributed by atoms with Gasteiger partial charge in [0.05, 0.1) is 23.7 Å². The van der Waals surface area contributed by atoms with Crippen molar-refractivity contribution >= 4 is 35.3 Å². The van der Waals surface area contributed by atoms with Crippen molar-refractivity contribution in [3.8, 4) is 5.88 Å². The molecule has 0 bridgehead atoms. The van der Waals surface area contributed by atoms with Gasteiger partial charge in [0.25, 0.3) is 11.5 Å². The Morgan fingerprint density at radius 3 is 2.45 bits per heavy atom. The summed E-state index contributed by atoms with van der Waals surface area (Å²) >= 11 is 0.461. The van der Waals surface area contributed by atoms with Gasteiger partial charge in [0.1, 0.15) is 5.56 Å². The van der Waals surface area contributed by atoms with Crippen molar-refractivity contribution in [1.82, 2.24) is 4.57 Å². The van der Waals surface area contributed by atoms with E-state index in [0.29, 0.717) is 12.0 Å². The molecule has 0 saturated carbocycles. The first kappa shape index (κ1) is 29.7. The van der Waals surface area contributed by atoms with E-state index in [2.05, 4.69) is 19.6 Å². The second-order valence-electron chi connectivity index (χ2n) is 5.47. The molecule has 0 aliphatic heterocycles. The van der Waals surface area contributed by atoms with Crippen LogP contribution in [0.3, 0.4) is 0 Å². The van der Waals surface area contributed by atoms with E-state index in [1.165, 1.54) is 19.1 Å². The van der Waals surface area contributed by atoms with E-state index >= 15 is 0 Å². The van der Waals surface area contributed by atoms with Gasteiger partial charge in [-0.05, 0) is 32.0 Å². The Balaban J connectivity index is 0.00000450. The molecule has 0 saturated heterocycles. The van der Waals surface area contributed by atoms with Crippen LogP contribution in [0.5, 0.6) is 5.88 Å². The number of aromatic carboxylic acids is 1. The number of azo groups is 1. The summed E-state index contributed by atoms with van der Waals surface area (Å²) in [7, 11) is 0. The number of pyridine rings is 1. The number of nitrogens with zero attached hydrogens (tertiary/aromatic N) is 3. The predicted molar refractivity (Wildman–Crippen MR) is 94.3 cm³/mol. The van der Waals surface area contributed by atoms with Crippen LogP contribution in [0.2, 0.25) is 0 Å². The van der Waals surface area contributed by atoms with Crippen LogP contribution >= 0.6 is 12.0 Å². The fraction of sp³-hybridized carbons (Fsp3) is 0.188. The Bertz CT molecular complexity index is 1060. The zero-order valence-electron chi connectivity index (χ0n) is 17.1. The summed E-state index contributed by atoms with van der Waals surface area (Å²) < 4.78 is 4.99. The van der Waals surface area contributed by atoms with Crippen molar-refractivity contribution in [2.24, 2.45) is 16.0 Å². The van der Waals surface area contributed by atoms with Crippen molar-refractivity contribution in [3.05, 3.63) is 45.2 Å². The second kappa shape index (κ2) is 13.3. The number of aromatic hydroxyl groups is 1. The van der Waals surface area contributed by atoms with Crippen LogP contribution in [-0.2, 0) is 15.9 Å². The number of hydrogen-bond acceptors (Lipinski definition) is 11. The molecule has 0 aliphatic rings. The van der Waals surface area contributed by atoms with Crippen LogP contribution < -0.4 is 80.8 Å². The molecule has 0 atom stereocenters. The molecule has 12 nitrogen and oxygen atoms in total. The molecule has 0 radical (unpaired) electrons. The van der Waals surface area contributed by atoms with Gasteiger partial charge in [-0.25, -0.2) is 0 Å². The van der Waals surface area contributed by atoms with E-state index in [0.717, 1.165) is 10.6 Å². The number of primary amides is 1. The van der Waals surface area contributed by atoms with Gasteiger partial charge >= 0.3 is 59.1 Å².